The van der Waals surface area contributed by atoms with E-state index in [0.29, 0.717) is 5.75 Å². The van der Waals surface area contributed by atoms with Crippen LogP contribution < -0.4 is 10.3 Å². The molecular formula is C14H20N2O2S. The number of pyridine rings is 1. The minimum Gasteiger partial charge on any atom is -0.487 e. The first-order chi connectivity index (χ1) is 9.13. The molecule has 2 saturated heterocycles. The maximum atomic E-state index is 11.7. The highest BCUT2D eigenvalue weighted by Crippen LogP contribution is 2.27. The number of likely N-dealkylation sites (tertiary alicyclic amines) is 1. The molecule has 1 unspecified atom stereocenters. The van der Waals surface area contributed by atoms with Crippen LogP contribution in [0.15, 0.2) is 16.9 Å². The van der Waals surface area contributed by atoms with Gasteiger partial charge in [0, 0.05) is 43.7 Å². The topological polar surface area (TPSA) is 34.5 Å². The van der Waals surface area contributed by atoms with E-state index in [4.69, 9.17) is 4.74 Å². The predicted molar refractivity (Wildman–Crippen MR) is 78.1 cm³/mol. The Kier molecular flexibility index (Phi) is 3.58. The number of aryl methyl sites for hydroxylation is 1. The molecule has 0 bridgehead atoms. The maximum Gasteiger partial charge on any atom is 0.254 e. The van der Waals surface area contributed by atoms with Gasteiger partial charge >= 0.3 is 0 Å². The van der Waals surface area contributed by atoms with Gasteiger partial charge in [-0.2, -0.15) is 11.8 Å². The van der Waals surface area contributed by atoms with Gasteiger partial charge in [0.05, 0.1) is 0 Å². The number of aromatic nitrogens is 1. The number of rotatable bonds is 3. The Hall–Kier alpha value is -0.940. The van der Waals surface area contributed by atoms with Crippen LogP contribution in [-0.2, 0) is 7.05 Å². The van der Waals surface area contributed by atoms with Crippen LogP contribution in [0.3, 0.4) is 0 Å². The van der Waals surface area contributed by atoms with Crippen molar-refractivity contribution in [3.8, 4) is 5.75 Å². The van der Waals surface area contributed by atoms with E-state index in [1.165, 1.54) is 17.9 Å². The van der Waals surface area contributed by atoms with E-state index in [9.17, 15) is 4.79 Å². The highest BCUT2D eigenvalue weighted by Gasteiger charge is 2.35. The predicted octanol–water partition coefficient (Wildman–Crippen LogP) is 1.26. The number of hydrogen-bond acceptors (Lipinski definition) is 4. The zero-order valence-corrected chi connectivity index (χ0v) is 12.3. The van der Waals surface area contributed by atoms with Gasteiger partial charge in [-0.1, -0.05) is 0 Å². The van der Waals surface area contributed by atoms with Crippen LogP contribution in [0.25, 0.3) is 0 Å². The third-order valence-electron chi connectivity index (χ3n) is 4.08. The molecule has 0 amide bonds. The first-order valence-electron chi connectivity index (χ1n) is 6.79. The average molecular weight is 280 g/mol. The van der Waals surface area contributed by atoms with Gasteiger partial charge in [-0.25, -0.2) is 0 Å². The summed E-state index contributed by atoms with van der Waals surface area (Å²) in [5, 5.41) is 0. The van der Waals surface area contributed by atoms with E-state index in [-0.39, 0.29) is 11.7 Å². The molecule has 1 aromatic rings. The molecule has 2 fully saturated rings. The zero-order chi connectivity index (χ0) is 13.4. The molecule has 0 N–H and O–H groups in total. The fraction of sp³-hybridized carbons (Fsp3) is 0.643. The first-order valence-corrected chi connectivity index (χ1v) is 7.95. The second-order valence-corrected chi connectivity index (χ2v) is 6.59. The monoisotopic (exact) mass is 280 g/mol. The van der Waals surface area contributed by atoms with Gasteiger partial charge < -0.3 is 9.30 Å². The van der Waals surface area contributed by atoms with E-state index >= 15 is 0 Å². The van der Waals surface area contributed by atoms with Crippen molar-refractivity contribution in [2.24, 2.45) is 7.05 Å². The fourth-order valence-electron chi connectivity index (χ4n) is 2.65. The SMILES string of the molecule is Cc1cc(OC2CN(C3CCSC3)C2)cc(=O)n1C. The molecule has 0 saturated carbocycles. The van der Waals surface area contributed by atoms with Gasteiger partial charge in [-0.05, 0) is 25.2 Å². The lowest BCUT2D eigenvalue weighted by Crippen LogP contribution is -2.57. The lowest BCUT2D eigenvalue weighted by molar-refractivity contribution is -0.00261. The van der Waals surface area contributed by atoms with Crippen molar-refractivity contribution in [1.29, 1.82) is 0 Å². The molecular weight excluding hydrogens is 260 g/mol. The average Bonchev–Trinajstić information content (AvgIpc) is 2.83. The standard InChI is InChI=1S/C14H20N2O2S/c1-10-5-12(6-14(17)15(10)2)18-13-7-16(8-13)11-3-4-19-9-11/h5-6,11,13H,3-4,7-9H2,1-2H3. The summed E-state index contributed by atoms with van der Waals surface area (Å²) in [4.78, 5) is 14.2. The number of nitrogens with zero attached hydrogens (tertiary/aromatic N) is 2. The Labute approximate surface area is 117 Å². The fourth-order valence-corrected chi connectivity index (χ4v) is 3.90. The summed E-state index contributed by atoms with van der Waals surface area (Å²) in [6, 6.07) is 4.27. The van der Waals surface area contributed by atoms with Crippen molar-refractivity contribution in [2.45, 2.75) is 25.5 Å². The Morgan fingerprint density at radius 3 is 2.79 bits per heavy atom. The minimum absolute atomic E-state index is 0.00151. The van der Waals surface area contributed by atoms with Crippen LogP contribution in [0.1, 0.15) is 12.1 Å². The Morgan fingerprint density at radius 1 is 1.37 bits per heavy atom. The first kappa shape index (κ1) is 13.1. The largest absolute Gasteiger partial charge is 0.487 e. The van der Waals surface area contributed by atoms with Crippen molar-refractivity contribution < 1.29 is 4.74 Å². The molecule has 5 heteroatoms. The molecule has 0 aromatic carbocycles. The van der Waals surface area contributed by atoms with Gasteiger partial charge in [0.2, 0.25) is 0 Å². The highest BCUT2D eigenvalue weighted by molar-refractivity contribution is 7.99. The molecule has 104 valence electrons. The van der Waals surface area contributed by atoms with Crippen molar-refractivity contribution in [1.82, 2.24) is 9.47 Å². The van der Waals surface area contributed by atoms with Crippen molar-refractivity contribution in [3.05, 3.63) is 28.2 Å². The van der Waals surface area contributed by atoms with Crippen molar-refractivity contribution in [3.63, 3.8) is 0 Å². The molecule has 2 aliphatic heterocycles. The highest BCUT2D eigenvalue weighted by atomic mass is 32.2. The van der Waals surface area contributed by atoms with Gasteiger partial charge in [0.25, 0.3) is 5.56 Å². The van der Waals surface area contributed by atoms with E-state index in [2.05, 4.69) is 4.90 Å². The summed E-state index contributed by atoms with van der Waals surface area (Å²) in [6.45, 7) is 3.93. The van der Waals surface area contributed by atoms with Crippen LogP contribution >= 0.6 is 11.8 Å². The van der Waals surface area contributed by atoms with Crippen LogP contribution in [0.4, 0.5) is 0 Å². The third-order valence-corrected chi connectivity index (χ3v) is 5.22. The zero-order valence-electron chi connectivity index (χ0n) is 11.5. The smallest absolute Gasteiger partial charge is 0.254 e. The molecule has 0 aliphatic carbocycles. The van der Waals surface area contributed by atoms with Crippen LogP contribution in [0, 0.1) is 6.92 Å². The number of thioether (sulfide) groups is 1. The third kappa shape index (κ3) is 2.67. The second kappa shape index (κ2) is 5.21. The van der Waals surface area contributed by atoms with E-state index < -0.39 is 0 Å². The van der Waals surface area contributed by atoms with Crippen LogP contribution in [-0.4, -0.2) is 46.2 Å². The molecule has 1 aromatic heterocycles. The second-order valence-electron chi connectivity index (χ2n) is 5.44. The Morgan fingerprint density at radius 2 is 2.16 bits per heavy atom. The molecule has 2 aliphatic rings. The summed E-state index contributed by atoms with van der Waals surface area (Å²) in [7, 11) is 1.78. The van der Waals surface area contributed by atoms with Gasteiger partial charge in [-0.15, -0.1) is 0 Å². The summed E-state index contributed by atoms with van der Waals surface area (Å²) in [6.07, 6.45) is 1.56. The van der Waals surface area contributed by atoms with Crippen LogP contribution in [0.2, 0.25) is 0 Å². The molecule has 1 atom stereocenters. The van der Waals surface area contributed by atoms with Gasteiger partial charge in [-0.3, -0.25) is 9.69 Å². The lowest BCUT2D eigenvalue weighted by Gasteiger charge is -2.42. The number of ether oxygens (including phenoxy) is 1. The van der Waals surface area contributed by atoms with Crippen LogP contribution in [0.5, 0.6) is 5.75 Å². The summed E-state index contributed by atoms with van der Waals surface area (Å²) in [5.41, 5.74) is 0.934. The number of hydrogen-bond donors (Lipinski definition) is 0. The van der Waals surface area contributed by atoms with E-state index in [1.54, 1.807) is 17.7 Å². The van der Waals surface area contributed by atoms with E-state index in [1.807, 2.05) is 24.8 Å². The summed E-state index contributed by atoms with van der Waals surface area (Å²) < 4.78 is 7.53. The van der Waals surface area contributed by atoms with Gasteiger partial charge in [0.1, 0.15) is 11.9 Å². The molecule has 0 spiro atoms. The normalized spacial score (nSPS) is 24.4. The quantitative estimate of drug-likeness (QED) is 0.835. The molecule has 0 radical (unpaired) electrons. The molecule has 3 rings (SSSR count). The molecule has 3 heterocycles. The Balaban J connectivity index is 1.57. The Bertz CT molecular complexity index is 517. The minimum atomic E-state index is -0.00151. The maximum absolute atomic E-state index is 11.7. The molecule has 19 heavy (non-hydrogen) atoms. The van der Waals surface area contributed by atoms with E-state index in [0.717, 1.165) is 24.8 Å². The van der Waals surface area contributed by atoms with Crippen molar-refractivity contribution in [2.75, 3.05) is 24.6 Å². The lowest BCUT2D eigenvalue weighted by atomic mass is 10.1. The van der Waals surface area contributed by atoms with Crippen molar-refractivity contribution >= 4 is 11.8 Å². The summed E-state index contributed by atoms with van der Waals surface area (Å²) in [5.74, 6) is 3.27. The molecule has 4 nitrogen and oxygen atoms in total. The summed E-state index contributed by atoms with van der Waals surface area (Å²) >= 11 is 2.04. The van der Waals surface area contributed by atoms with Gasteiger partial charge in [0.15, 0.2) is 0 Å².